The number of ether oxygens (including phenoxy) is 1. The summed E-state index contributed by atoms with van der Waals surface area (Å²) in [6, 6.07) is 9.28. The maximum Gasteiger partial charge on any atom is 0.351 e. The molecule has 3 rings (SSSR count). The molecular formula is C16H16FN3O6. The third kappa shape index (κ3) is 3.22. The van der Waals surface area contributed by atoms with Crippen LogP contribution < -0.4 is 11.0 Å². The normalized spacial score (nSPS) is 31.5. The molecule has 1 fully saturated rings. The third-order valence-electron chi connectivity index (χ3n) is 3.81. The van der Waals surface area contributed by atoms with Crippen LogP contribution in [0.5, 0.6) is 0 Å². The van der Waals surface area contributed by atoms with E-state index in [1.807, 2.05) is 0 Å². The number of alkyl halides is 1. The Bertz CT molecular complexity index is 905. The van der Waals surface area contributed by atoms with Gasteiger partial charge in [-0.15, -0.1) is 0 Å². The Hall–Kier alpha value is -2.66. The molecule has 1 saturated heterocycles. The number of rotatable bonds is 4. The summed E-state index contributed by atoms with van der Waals surface area (Å²) < 4.78 is 27.4. The average Bonchev–Trinajstić information content (AvgIpc) is 2.81. The van der Waals surface area contributed by atoms with Crippen LogP contribution in [0.1, 0.15) is 18.0 Å². The van der Waals surface area contributed by atoms with Crippen molar-refractivity contribution in [1.29, 1.82) is 0 Å². The summed E-state index contributed by atoms with van der Waals surface area (Å²) in [4.78, 5) is 27.8. The van der Waals surface area contributed by atoms with E-state index in [9.17, 15) is 24.2 Å². The molecule has 4 N–H and O–H groups in total. The molecule has 2 heterocycles. The van der Waals surface area contributed by atoms with Crippen LogP contribution in [0.25, 0.3) is 0 Å². The molecular weight excluding hydrogens is 349 g/mol. The fraction of sp³-hybridized carbons (Fsp3) is 0.312. The predicted octanol–water partition coefficient (Wildman–Crippen LogP) is -0.596. The van der Waals surface area contributed by atoms with Crippen LogP contribution in [0, 0.1) is 0 Å². The number of anilines is 1. The van der Waals surface area contributed by atoms with Crippen LogP contribution in [-0.2, 0) is 4.74 Å². The smallest absolute Gasteiger partial charge is 0.351 e. The highest BCUT2D eigenvalue weighted by atomic mass is 19.2. The Morgan fingerprint density at radius 2 is 2.12 bits per heavy atom. The summed E-state index contributed by atoms with van der Waals surface area (Å²) in [6.45, 7) is -0.962. The number of benzene rings is 1. The van der Waals surface area contributed by atoms with Gasteiger partial charge in [0, 0.05) is 11.8 Å². The zero-order valence-electron chi connectivity index (χ0n) is 14.2. The second-order valence-electron chi connectivity index (χ2n) is 5.54. The van der Waals surface area contributed by atoms with Crippen molar-refractivity contribution in [3.8, 4) is 0 Å². The maximum absolute atomic E-state index is 14.5. The minimum atomic E-state index is -3.69. The molecule has 1 aromatic carbocycles. The zero-order valence-corrected chi connectivity index (χ0v) is 13.2. The summed E-state index contributed by atoms with van der Waals surface area (Å²) in [7, 11) is 0. The van der Waals surface area contributed by atoms with Crippen LogP contribution in [0.4, 0.5) is 10.2 Å². The average molecular weight is 366 g/mol. The highest BCUT2D eigenvalue weighted by Gasteiger charge is 2.57. The summed E-state index contributed by atoms with van der Waals surface area (Å²) in [5.41, 5.74) is -0.790. The molecule has 1 aromatic heterocycles. The van der Waals surface area contributed by atoms with Gasteiger partial charge in [-0.1, -0.05) is 18.2 Å². The Morgan fingerprint density at radius 1 is 1.42 bits per heavy atom. The Morgan fingerprint density at radius 3 is 2.69 bits per heavy atom. The maximum atomic E-state index is 14.5. The van der Waals surface area contributed by atoms with E-state index in [0.717, 1.165) is 12.3 Å². The van der Waals surface area contributed by atoms with Crippen LogP contribution >= 0.6 is 0 Å². The largest absolute Gasteiger partial charge is 0.394 e. The highest BCUT2D eigenvalue weighted by molar-refractivity contribution is 6.03. The molecule has 1 amide bonds. The molecule has 4 atom stereocenters. The second kappa shape index (κ2) is 6.92. The molecule has 0 bridgehead atoms. The van der Waals surface area contributed by atoms with E-state index >= 15 is 0 Å². The van der Waals surface area contributed by atoms with Gasteiger partial charge in [-0.3, -0.25) is 9.36 Å². The van der Waals surface area contributed by atoms with E-state index in [1.54, 1.807) is 30.3 Å². The van der Waals surface area contributed by atoms with Crippen LogP contribution in [0.2, 0.25) is 0 Å². The van der Waals surface area contributed by atoms with Crippen LogP contribution in [0.3, 0.4) is 0 Å². The second-order valence-corrected chi connectivity index (χ2v) is 5.54. The van der Waals surface area contributed by atoms with E-state index in [-0.39, 0.29) is 5.82 Å². The quantitative estimate of drug-likeness (QED) is 0.568. The summed E-state index contributed by atoms with van der Waals surface area (Å²) in [6.07, 6.45) is -6.13. The monoisotopic (exact) mass is 366 g/mol. The van der Waals surface area contributed by atoms with Gasteiger partial charge in [0.05, 0.1) is 7.98 Å². The summed E-state index contributed by atoms with van der Waals surface area (Å²) >= 11 is 0. The fourth-order valence-electron chi connectivity index (χ4n) is 2.48. The lowest BCUT2D eigenvalue weighted by molar-refractivity contribution is -0.196. The molecule has 26 heavy (non-hydrogen) atoms. The zero-order chi connectivity index (χ0) is 19.8. The molecule has 0 spiro atoms. The van der Waals surface area contributed by atoms with Gasteiger partial charge in [-0.05, 0) is 18.2 Å². The first-order chi connectivity index (χ1) is 12.7. The number of carbonyl (C=O) groups is 1. The lowest BCUT2D eigenvalue weighted by Crippen LogP contribution is -2.45. The SMILES string of the molecule is [2H][C@@]1(O)[C@@H](CO)O[C@@H](n2ccc(NC(=O)c3ccccc3)nc2=O)[C@@]1(O)F. The number of halogens is 1. The van der Waals surface area contributed by atoms with Crippen molar-refractivity contribution in [2.45, 2.75) is 24.3 Å². The molecule has 2 aromatic rings. The molecule has 138 valence electrons. The molecule has 9 nitrogen and oxygen atoms in total. The molecule has 1 aliphatic heterocycles. The van der Waals surface area contributed by atoms with Gasteiger partial charge in [0.1, 0.15) is 18.0 Å². The minimum Gasteiger partial charge on any atom is -0.394 e. The van der Waals surface area contributed by atoms with E-state index in [4.69, 9.17) is 11.2 Å². The number of aromatic nitrogens is 2. The number of hydrogen-bond donors (Lipinski definition) is 4. The number of nitrogens with zero attached hydrogens (tertiary/aromatic N) is 2. The molecule has 0 radical (unpaired) electrons. The van der Waals surface area contributed by atoms with Gasteiger partial charge in [-0.2, -0.15) is 4.98 Å². The van der Waals surface area contributed by atoms with E-state index < -0.39 is 42.5 Å². The van der Waals surface area contributed by atoms with Crippen molar-refractivity contribution in [3.05, 3.63) is 58.6 Å². The molecule has 1 aliphatic rings. The standard InChI is InChI=1S/C16H16FN3O6/c17-16(25)12(22)10(8-21)26-14(16)20-7-6-11(19-15(20)24)18-13(23)9-4-2-1-3-5-9/h1-7,10,12,14,21-22,25H,8H2,(H,18,19,23,24)/t10-,12-,14-,16-/m1/s1/i12D. The van der Waals surface area contributed by atoms with E-state index in [0.29, 0.717) is 10.1 Å². The van der Waals surface area contributed by atoms with E-state index in [1.165, 1.54) is 0 Å². The van der Waals surface area contributed by atoms with Gasteiger partial charge in [-0.25, -0.2) is 9.18 Å². The summed E-state index contributed by atoms with van der Waals surface area (Å²) in [5.74, 6) is -4.36. The van der Waals surface area contributed by atoms with Crippen molar-refractivity contribution in [2.24, 2.45) is 0 Å². The molecule has 0 aliphatic carbocycles. The fourth-order valence-corrected chi connectivity index (χ4v) is 2.48. The van der Waals surface area contributed by atoms with Crippen molar-refractivity contribution in [1.82, 2.24) is 9.55 Å². The van der Waals surface area contributed by atoms with Crippen LogP contribution in [-0.4, -0.2) is 55.4 Å². The number of aliphatic hydroxyl groups is 3. The Labute approximate surface area is 147 Å². The number of nitrogens with one attached hydrogen (secondary N) is 1. The van der Waals surface area contributed by atoms with Crippen molar-refractivity contribution in [2.75, 3.05) is 11.9 Å². The number of carbonyl (C=O) groups excluding carboxylic acids is 1. The van der Waals surface area contributed by atoms with Crippen molar-refractivity contribution in [3.63, 3.8) is 0 Å². The van der Waals surface area contributed by atoms with Gasteiger partial charge in [0.15, 0.2) is 6.23 Å². The van der Waals surface area contributed by atoms with Gasteiger partial charge in [0.25, 0.3) is 11.8 Å². The predicted molar refractivity (Wildman–Crippen MR) is 86.0 cm³/mol. The lowest BCUT2D eigenvalue weighted by Gasteiger charge is -2.23. The Kier molecular flexibility index (Phi) is 4.47. The molecule has 0 unspecified atom stereocenters. The van der Waals surface area contributed by atoms with Crippen molar-refractivity contribution >= 4 is 11.7 Å². The number of hydrogen-bond acceptors (Lipinski definition) is 7. The van der Waals surface area contributed by atoms with E-state index in [2.05, 4.69) is 10.3 Å². The molecule has 10 heteroatoms. The van der Waals surface area contributed by atoms with Gasteiger partial charge in [0.2, 0.25) is 0 Å². The first kappa shape index (κ1) is 16.8. The Balaban J connectivity index is 1.86. The minimum absolute atomic E-state index is 0.134. The highest BCUT2D eigenvalue weighted by Crippen LogP contribution is 2.38. The molecule has 0 saturated carbocycles. The number of amides is 1. The first-order valence-electron chi connectivity index (χ1n) is 8.04. The number of aliphatic hydroxyl groups excluding tert-OH is 1. The van der Waals surface area contributed by atoms with Gasteiger partial charge >= 0.3 is 5.69 Å². The van der Waals surface area contributed by atoms with Crippen molar-refractivity contribution < 1.29 is 30.6 Å². The third-order valence-corrected chi connectivity index (χ3v) is 3.81. The lowest BCUT2D eigenvalue weighted by atomic mass is 10.1. The first-order valence-corrected chi connectivity index (χ1v) is 7.54. The van der Waals surface area contributed by atoms with Crippen LogP contribution in [0.15, 0.2) is 47.4 Å². The topological polar surface area (TPSA) is 134 Å². The summed E-state index contributed by atoms with van der Waals surface area (Å²) in [5, 5.41) is 31.1. The van der Waals surface area contributed by atoms with Gasteiger partial charge < -0.3 is 25.4 Å².